The largest absolute Gasteiger partial charge is 0.383 e. The highest BCUT2D eigenvalue weighted by Crippen LogP contribution is 2.42. The molecule has 1 saturated carbocycles. The van der Waals surface area contributed by atoms with Gasteiger partial charge in [-0.15, -0.1) is 0 Å². The van der Waals surface area contributed by atoms with Crippen LogP contribution in [0.3, 0.4) is 0 Å². The van der Waals surface area contributed by atoms with Gasteiger partial charge in [0.05, 0.1) is 0 Å². The Hall–Kier alpha value is -0.620. The highest BCUT2D eigenvalue weighted by atomic mass is 32.2. The van der Waals surface area contributed by atoms with E-state index in [0.717, 1.165) is 17.5 Å². The van der Waals surface area contributed by atoms with Gasteiger partial charge in [-0.1, -0.05) is 18.2 Å². The summed E-state index contributed by atoms with van der Waals surface area (Å²) in [6, 6.07) is 1.80. The first-order valence-corrected chi connectivity index (χ1v) is 8.10. The Morgan fingerprint density at radius 1 is 1.41 bits per heavy atom. The van der Waals surface area contributed by atoms with Gasteiger partial charge in [0.15, 0.2) is 5.16 Å². The number of nitrogens with zero attached hydrogens (tertiary/aromatic N) is 2. The van der Waals surface area contributed by atoms with Gasteiger partial charge in [-0.05, 0) is 25.4 Å². The van der Waals surface area contributed by atoms with Crippen LogP contribution in [0, 0.1) is 0 Å². The molecule has 0 saturated heterocycles. The molecule has 6 heteroatoms. The van der Waals surface area contributed by atoms with Crippen molar-refractivity contribution in [2.24, 2.45) is 0 Å². The molecule has 17 heavy (non-hydrogen) atoms. The second-order valence-corrected chi connectivity index (χ2v) is 6.31. The predicted octanol–water partition coefficient (Wildman–Crippen LogP) is 2.48. The van der Waals surface area contributed by atoms with Crippen LogP contribution in [0.25, 0.3) is 0 Å². The molecule has 1 aliphatic carbocycles. The van der Waals surface area contributed by atoms with Gasteiger partial charge in [-0.3, -0.25) is 0 Å². The van der Waals surface area contributed by atoms with Gasteiger partial charge < -0.3 is 11.1 Å². The Bertz CT molecular complexity index is 388. The molecule has 4 nitrogen and oxygen atoms in total. The second kappa shape index (κ2) is 5.35. The van der Waals surface area contributed by atoms with Crippen LogP contribution >= 0.6 is 23.5 Å². The Balaban J connectivity index is 2.01. The third-order valence-electron chi connectivity index (χ3n) is 3.20. The maximum absolute atomic E-state index is 5.74. The summed E-state index contributed by atoms with van der Waals surface area (Å²) in [5.74, 6) is 1.36. The molecule has 0 atom stereocenters. The van der Waals surface area contributed by atoms with Gasteiger partial charge >= 0.3 is 0 Å². The SMILES string of the molecule is CSc1nc(N)cc(NCC2(SC)CCC2)n1. The number of hydrogen-bond donors (Lipinski definition) is 2. The smallest absolute Gasteiger partial charge is 0.191 e. The molecule has 0 aliphatic heterocycles. The van der Waals surface area contributed by atoms with E-state index in [-0.39, 0.29) is 0 Å². The van der Waals surface area contributed by atoms with E-state index in [1.54, 1.807) is 6.07 Å². The summed E-state index contributed by atoms with van der Waals surface area (Å²) in [6.45, 7) is 0.957. The molecule has 1 fully saturated rings. The first-order valence-electron chi connectivity index (χ1n) is 5.65. The van der Waals surface area contributed by atoms with Gasteiger partial charge in [-0.2, -0.15) is 11.8 Å². The minimum absolute atomic E-state index is 0.402. The van der Waals surface area contributed by atoms with E-state index in [9.17, 15) is 0 Å². The summed E-state index contributed by atoms with van der Waals surface area (Å²) in [5, 5.41) is 4.11. The highest BCUT2D eigenvalue weighted by molar-refractivity contribution is 8.00. The van der Waals surface area contributed by atoms with Crippen molar-refractivity contribution in [1.82, 2.24) is 9.97 Å². The molecule has 1 aromatic rings. The summed E-state index contributed by atoms with van der Waals surface area (Å²) < 4.78 is 0.402. The van der Waals surface area contributed by atoms with Crippen LogP contribution in [-0.4, -0.2) is 33.8 Å². The number of aromatic nitrogens is 2. The lowest BCUT2D eigenvalue weighted by atomic mass is 9.84. The van der Waals surface area contributed by atoms with Crippen LogP contribution in [0.1, 0.15) is 19.3 Å². The number of thioether (sulfide) groups is 2. The number of nitrogens with two attached hydrogens (primary N) is 1. The average Bonchev–Trinajstić information content (AvgIpc) is 2.27. The standard InChI is InChI=1S/C11H18N4S2/c1-16-10-14-8(12)6-9(15-10)13-7-11(17-2)4-3-5-11/h6H,3-5,7H2,1-2H3,(H3,12,13,14,15). The highest BCUT2D eigenvalue weighted by Gasteiger charge is 2.35. The number of nitrogens with one attached hydrogen (secondary N) is 1. The minimum atomic E-state index is 0.402. The normalized spacial score (nSPS) is 17.5. The average molecular weight is 270 g/mol. The lowest BCUT2D eigenvalue weighted by Gasteiger charge is -2.40. The van der Waals surface area contributed by atoms with Crippen molar-refractivity contribution in [2.45, 2.75) is 29.2 Å². The van der Waals surface area contributed by atoms with Crippen molar-refractivity contribution < 1.29 is 0 Å². The van der Waals surface area contributed by atoms with Crippen molar-refractivity contribution in [3.63, 3.8) is 0 Å². The predicted molar refractivity (Wildman–Crippen MR) is 76.8 cm³/mol. The fraction of sp³-hybridized carbons (Fsp3) is 0.636. The molecule has 0 amide bonds. The zero-order valence-corrected chi connectivity index (χ0v) is 11.8. The van der Waals surface area contributed by atoms with Crippen LogP contribution in [0.4, 0.5) is 11.6 Å². The minimum Gasteiger partial charge on any atom is -0.383 e. The maximum atomic E-state index is 5.74. The van der Waals surface area contributed by atoms with Crippen molar-refractivity contribution in [3.8, 4) is 0 Å². The van der Waals surface area contributed by atoms with Crippen LogP contribution < -0.4 is 11.1 Å². The number of nitrogen functional groups attached to an aromatic ring is 1. The van der Waals surface area contributed by atoms with Crippen LogP contribution in [0.15, 0.2) is 11.2 Å². The zero-order valence-electron chi connectivity index (χ0n) is 10.2. The molecule has 1 aromatic heterocycles. The molecule has 1 aliphatic rings. The molecule has 0 radical (unpaired) electrons. The molecular formula is C11H18N4S2. The van der Waals surface area contributed by atoms with Crippen molar-refractivity contribution in [2.75, 3.05) is 30.1 Å². The zero-order chi connectivity index (χ0) is 12.3. The summed E-state index contributed by atoms with van der Waals surface area (Å²) >= 11 is 3.46. The molecule has 94 valence electrons. The van der Waals surface area contributed by atoms with E-state index in [4.69, 9.17) is 5.73 Å². The van der Waals surface area contributed by atoms with Gasteiger partial charge in [0.25, 0.3) is 0 Å². The quantitative estimate of drug-likeness (QED) is 0.633. The first kappa shape index (κ1) is 12.8. The van der Waals surface area contributed by atoms with Crippen LogP contribution in [0.2, 0.25) is 0 Å². The molecule has 0 aromatic carbocycles. The van der Waals surface area contributed by atoms with E-state index < -0.39 is 0 Å². The second-order valence-electron chi connectivity index (χ2n) is 4.26. The van der Waals surface area contributed by atoms with Crippen molar-refractivity contribution >= 4 is 35.2 Å². The summed E-state index contributed by atoms with van der Waals surface area (Å²) in [4.78, 5) is 8.53. The Morgan fingerprint density at radius 2 is 2.18 bits per heavy atom. The van der Waals surface area contributed by atoms with E-state index >= 15 is 0 Å². The van der Waals surface area contributed by atoms with E-state index in [1.807, 2.05) is 18.0 Å². The molecule has 0 bridgehead atoms. The molecule has 2 rings (SSSR count). The van der Waals surface area contributed by atoms with E-state index in [2.05, 4.69) is 21.5 Å². The Morgan fingerprint density at radius 3 is 2.71 bits per heavy atom. The van der Waals surface area contributed by atoms with Gasteiger partial charge in [-0.25, -0.2) is 9.97 Å². The number of anilines is 2. The molecule has 0 unspecified atom stereocenters. The lowest BCUT2D eigenvalue weighted by molar-refractivity contribution is 0.379. The Labute approximate surface area is 111 Å². The third-order valence-corrected chi connectivity index (χ3v) is 5.16. The van der Waals surface area contributed by atoms with E-state index in [1.165, 1.54) is 31.0 Å². The fourth-order valence-corrected chi connectivity index (χ4v) is 3.20. The maximum Gasteiger partial charge on any atom is 0.191 e. The topological polar surface area (TPSA) is 63.8 Å². The molecule has 1 heterocycles. The molecular weight excluding hydrogens is 252 g/mol. The molecule has 0 spiro atoms. The van der Waals surface area contributed by atoms with Crippen molar-refractivity contribution in [3.05, 3.63) is 6.07 Å². The monoisotopic (exact) mass is 270 g/mol. The van der Waals surface area contributed by atoms with Crippen molar-refractivity contribution in [1.29, 1.82) is 0 Å². The van der Waals surface area contributed by atoms with Crippen LogP contribution in [-0.2, 0) is 0 Å². The Kier molecular flexibility index (Phi) is 4.04. The van der Waals surface area contributed by atoms with Gasteiger partial charge in [0, 0.05) is 17.4 Å². The number of hydrogen-bond acceptors (Lipinski definition) is 6. The van der Waals surface area contributed by atoms with Gasteiger partial charge in [0.1, 0.15) is 11.6 Å². The first-order chi connectivity index (χ1) is 8.17. The fourth-order valence-electron chi connectivity index (χ4n) is 1.90. The third kappa shape index (κ3) is 2.98. The summed E-state index contributed by atoms with van der Waals surface area (Å²) in [7, 11) is 0. The lowest BCUT2D eigenvalue weighted by Crippen LogP contribution is -2.40. The number of rotatable bonds is 5. The van der Waals surface area contributed by atoms with Gasteiger partial charge in [0.2, 0.25) is 0 Å². The molecule has 3 N–H and O–H groups in total. The summed E-state index contributed by atoms with van der Waals surface area (Å²) in [5.41, 5.74) is 5.74. The summed E-state index contributed by atoms with van der Waals surface area (Å²) in [6.07, 6.45) is 8.05. The van der Waals surface area contributed by atoms with Crippen LogP contribution in [0.5, 0.6) is 0 Å². The van der Waals surface area contributed by atoms with E-state index in [0.29, 0.717) is 10.6 Å².